The Labute approximate surface area is 213 Å². The van der Waals surface area contributed by atoms with E-state index in [4.69, 9.17) is 4.98 Å². The van der Waals surface area contributed by atoms with E-state index in [1.54, 1.807) is 12.1 Å². The van der Waals surface area contributed by atoms with E-state index >= 15 is 0 Å². The highest BCUT2D eigenvalue weighted by molar-refractivity contribution is 6.01. The van der Waals surface area contributed by atoms with Crippen LogP contribution < -0.4 is 5.32 Å². The number of pyridine rings is 2. The van der Waals surface area contributed by atoms with Crippen LogP contribution in [0.5, 0.6) is 0 Å². The molecule has 6 rings (SSSR count). The SMILES string of the molecule is Cc1cc(NC(=O)CCCc2c(-c3ccc4ccccc4n3)[nH]c3ccc(F)cc23)c2ccccc2n1. The van der Waals surface area contributed by atoms with Gasteiger partial charge in [-0.15, -0.1) is 0 Å². The molecule has 0 fully saturated rings. The van der Waals surface area contributed by atoms with Crippen molar-refractivity contribution in [2.45, 2.75) is 26.2 Å². The second-order valence-corrected chi connectivity index (χ2v) is 9.29. The first-order valence-corrected chi connectivity index (χ1v) is 12.4. The van der Waals surface area contributed by atoms with Gasteiger partial charge in [0.1, 0.15) is 5.82 Å². The predicted octanol–water partition coefficient (Wildman–Crippen LogP) is 7.34. The number of rotatable bonds is 6. The van der Waals surface area contributed by atoms with Crippen molar-refractivity contribution in [3.63, 3.8) is 0 Å². The molecule has 0 saturated carbocycles. The van der Waals surface area contributed by atoms with E-state index in [2.05, 4.69) is 15.3 Å². The largest absolute Gasteiger partial charge is 0.353 e. The van der Waals surface area contributed by atoms with Crippen molar-refractivity contribution < 1.29 is 9.18 Å². The Morgan fingerprint density at radius 3 is 2.59 bits per heavy atom. The number of nitrogens with one attached hydrogen (secondary N) is 2. The van der Waals surface area contributed by atoms with Crippen molar-refractivity contribution in [1.29, 1.82) is 0 Å². The molecule has 182 valence electrons. The number of aromatic amines is 1. The number of carbonyl (C=O) groups excluding carboxylic acids is 1. The summed E-state index contributed by atoms with van der Waals surface area (Å²) in [6, 6.07) is 26.4. The Bertz CT molecular complexity index is 1790. The quantitative estimate of drug-likeness (QED) is 0.258. The van der Waals surface area contributed by atoms with Gasteiger partial charge in [-0.25, -0.2) is 9.37 Å². The summed E-state index contributed by atoms with van der Waals surface area (Å²) in [5.41, 5.74) is 6.85. The number of H-pyrrole nitrogens is 1. The number of hydrogen-bond acceptors (Lipinski definition) is 3. The zero-order chi connectivity index (χ0) is 25.4. The van der Waals surface area contributed by atoms with Gasteiger partial charge in [-0.1, -0.05) is 42.5 Å². The smallest absolute Gasteiger partial charge is 0.224 e. The molecule has 0 bridgehead atoms. The third-order valence-corrected chi connectivity index (χ3v) is 6.67. The molecular formula is C31H25FN4O. The lowest BCUT2D eigenvalue weighted by molar-refractivity contribution is -0.116. The van der Waals surface area contributed by atoms with Gasteiger partial charge in [0.25, 0.3) is 0 Å². The summed E-state index contributed by atoms with van der Waals surface area (Å²) < 4.78 is 14.2. The fourth-order valence-corrected chi connectivity index (χ4v) is 4.95. The third-order valence-electron chi connectivity index (χ3n) is 6.67. The number of para-hydroxylation sites is 2. The first kappa shape index (κ1) is 22.9. The molecule has 6 aromatic rings. The molecule has 0 radical (unpaired) electrons. The summed E-state index contributed by atoms with van der Waals surface area (Å²) in [7, 11) is 0. The van der Waals surface area contributed by atoms with Crippen LogP contribution >= 0.6 is 0 Å². The van der Waals surface area contributed by atoms with Gasteiger partial charge in [-0.2, -0.15) is 0 Å². The molecule has 0 aliphatic carbocycles. The highest BCUT2D eigenvalue weighted by Gasteiger charge is 2.16. The Morgan fingerprint density at radius 2 is 1.70 bits per heavy atom. The fraction of sp³-hybridized carbons (Fsp3) is 0.129. The lowest BCUT2D eigenvalue weighted by Gasteiger charge is -2.10. The first-order chi connectivity index (χ1) is 18.0. The monoisotopic (exact) mass is 488 g/mol. The molecule has 0 aliphatic heterocycles. The van der Waals surface area contributed by atoms with Crippen LogP contribution in [0, 0.1) is 12.7 Å². The third kappa shape index (κ3) is 4.54. The number of aryl methyl sites for hydroxylation is 2. The number of benzene rings is 3. The van der Waals surface area contributed by atoms with Crippen LogP contribution in [0.15, 0.2) is 84.9 Å². The Balaban J connectivity index is 1.26. The highest BCUT2D eigenvalue weighted by atomic mass is 19.1. The molecule has 0 unspecified atom stereocenters. The maximum atomic E-state index is 14.2. The number of aromatic nitrogens is 3. The molecule has 5 nitrogen and oxygen atoms in total. The Kier molecular flexibility index (Phi) is 5.85. The van der Waals surface area contributed by atoms with Gasteiger partial charge in [0.2, 0.25) is 5.91 Å². The average Bonchev–Trinajstić information content (AvgIpc) is 3.26. The van der Waals surface area contributed by atoms with Crippen molar-refractivity contribution in [3.05, 3.63) is 102 Å². The molecule has 3 aromatic carbocycles. The summed E-state index contributed by atoms with van der Waals surface area (Å²) in [5.74, 6) is -0.351. The van der Waals surface area contributed by atoms with E-state index in [9.17, 15) is 9.18 Å². The van der Waals surface area contributed by atoms with E-state index in [1.807, 2.05) is 73.7 Å². The number of amides is 1. The molecule has 3 aromatic heterocycles. The minimum absolute atomic E-state index is 0.0628. The van der Waals surface area contributed by atoms with Gasteiger partial charge in [0.15, 0.2) is 0 Å². The van der Waals surface area contributed by atoms with Crippen molar-refractivity contribution in [3.8, 4) is 11.4 Å². The summed E-state index contributed by atoms with van der Waals surface area (Å²) in [6.07, 6.45) is 1.55. The number of hydrogen-bond donors (Lipinski definition) is 2. The van der Waals surface area contributed by atoms with Gasteiger partial charge in [0, 0.05) is 33.8 Å². The van der Waals surface area contributed by atoms with Gasteiger partial charge >= 0.3 is 0 Å². The van der Waals surface area contributed by atoms with Crippen LogP contribution in [0.3, 0.4) is 0 Å². The van der Waals surface area contributed by atoms with E-state index < -0.39 is 0 Å². The Hall–Kier alpha value is -4.58. The van der Waals surface area contributed by atoms with Crippen molar-refractivity contribution >= 4 is 44.3 Å². The average molecular weight is 489 g/mol. The minimum Gasteiger partial charge on any atom is -0.353 e. The highest BCUT2D eigenvalue weighted by Crippen LogP contribution is 2.32. The molecule has 0 atom stereocenters. The lowest BCUT2D eigenvalue weighted by atomic mass is 10.0. The van der Waals surface area contributed by atoms with E-state index in [1.165, 1.54) is 6.07 Å². The van der Waals surface area contributed by atoms with Gasteiger partial charge in [-0.3, -0.25) is 9.78 Å². The number of halogens is 1. The Morgan fingerprint density at radius 1 is 0.892 bits per heavy atom. The normalized spacial score (nSPS) is 11.4. The van der Waals surface area contributed by atoms with E-state index in [0.717, 1.165) is 61.0 Å². The maximum absolute atomic E-state index is 14.2. The van der Waals surface area contributed by atoms with Crippen molar-refractivity contribution in [2.24, 2.45) is 0 Å². The zero-order valence-electron chi connectivity index (χ0n) is 20.4. The molecule has 0 saturated heterocycles. The van der Waals surface area contributed by atoms with Crippen LogP contribution in [0.25, 0.3) is 44.1 Å². The number of nitrogens with zero attached hydrogens (tertiary/aromatic N) is 2. The van der Waals surface area contributed by atoms with Crippen LogP contribution in [-0.4, -0.2) is 20.9 Å². The molecule has 0 spiro atoms. The minimum atomic E-state index is -0.288. The van der Waals surface area contributed by atoms with Crippen LogP contribution in [0.2, 0.25) is 0 Å². The summed E-state index contributed by atoms with van der Waals surface area (Å²) in [6.45, 7) is 1.92. The molecule has 3 heterocycles. The first-order valence-electron chi connectivity index (χ1n) is 12.4. The molecule has 6 heteroatoms. The zero-order valence-corrected chi connectivity index (χ0v) is 20.4. The lowest BCUT2D eigenvalue weighted by Crippen LogP contribution is -2.12. The van der Waals surface area contributed by atoms with Crippen LogP contribution in [0.4, 0.5) is 10.1 Å². The topological polar surface area (TPSA) is 70.7 Å². The summed E-state index contributed by atoms with van der Waals surface area (Å²) in [4.78, 5) is 25.7. The molecule has 1 amide bonds. The van der Waals surface area contributed by atoms with Gasteiger partial charge in [-0.05, 0) is 67.8 Å². The number of carbonyl (C=O) groups is 1. The van der Waals surface area contributed by atoms with Crippen LogP contribution in [0.1, 0.15) is 24.1 Å². The van der Waals surface area contributed by atoms with Crippen LogP contribution in [-0.2, 0) is 11.2 Å². The van der Waals surface area contributed by atoms with Gasteiger partial charge < -0.3 is 10.3 Å². The molecule has 0 aliphatic rings. The molecule has 37 heavy (non-hydrogen) atoms. The summed E-state index contributed by atoms with van der Waals surface area (Å²) >= 11 is 0. The predicted molar refractivity (Wildman–Crippen MR) is 147 cm³/mol. The second kappa shape index (κ2) is 9.47. The second-order valence-electron chi connectivity index (χ2n) is 9.29. The molecule has 2 N–H and O–H groups in total. The van der Waals surface area contributed by atoms with Gasteiger partial charge in [0.05, 0.1) is 28.1 Å². The fourth-order valence-electron chi connectivity index (χ4n) is 4.95. The van der Waals surface area contributed by atoms with Crippen molar-refractivity contribution in [2.75, 3.05) is 5.32 Å². The van der Waals surface area contributed by atoms with E-state index in [-0.39, 0.29) is 11.7 Å². The standard InChI is InChI=1S/C31H25FN4O/c1-19-17-29(23-8-3-5-11-26(23)33-19)35-30(37)12-6-9-22-24-18-21(32)14-16-27(24)36-31(22)28-15-13-20-7-2-4-10-25(20)34-28/h2-5,7-8,10-11,13-18,36H,6,9,12H2,1H3,(H,33,35,37). The number of anilines is 1. The summed E-state index contributed by atoms with van der Waals surface area (Å²) in [5, 5.41) is 5.86. The van der Waals surface area contributed by atoms with E-state index in [0.29, 0.717) is 19.3 Å². The number of fused-ring (bicyclic) bond motifs is 3. The maximum Gasteiger partial charge on any atom is 0.224 e. The molecular weight excluding hydrogens is 463 g/mol. The van der Waals surface area contributed by atoms with Crippen molar-refractivity contribution in [1.82, 2.24) is 15.0 Å².